The van der Waals surface area contributed by atoms with Crippen LogP contribution in [0.3, 0.4) is 0 Å². The van der Waals surface area contributed by atoms with Crippen LogP contribution in [0, 0.1) is 11.8 Å². The van der Waals surface area contributed by atoms with E-state index >= 15 is 0 Å². The number of rotatable bonds is 4. The summed E-state index contributed by atoms with van der Waals surface area (Å²) in [6, 6.07) is -0.314. The van der Waals surface area contributed by atoms with Gasteiger partial charge in [-0.05, 0) is 18.8 Å². The maximum atomic E-state index is 12.4. The summed E-state index contributed by atoms with van der Waals surface area (Å²) < 4.78 is 5.24. The van der Waals surface area contributed by atoms with Gasteiger partial charge in [0, 0.05) is 13.5 Å². The average molecular weight is 283 g/mol. The molecule has 1 aliphatic heterocycles. The van der Waals surface area contributed by atoms with E-state index < -0.39 is 11.9 Å². The van der Waals surface area contributed by atoms with Crippen molar-refractivity contribution in [3.05, 3.63) is 0 Å². The Morgan fingerprint density at radius 2 is 1.80 bits per heavy atom. The van der Waals surface area contributed by atoms with Crippen LogP contribution in [0.5, 0.6) is 0 Å². The van der Waals surface area contributed by atoms with Crippen LogP contribution in [0.25, 0.3) is 0 Å². The Balaban J connectivity index is 1.89. The van der Waals surface area contributed by atoms with Crippen molar-refractivity contribution in [2.75, 3.05) is 20.3 Å². The van der Waals surface area contributed by atoms with Crippen LogP contribution in [0.1, 0.15) is 44.9 Å². The van der Waals surface area contributed by atoms with E-state index in [1.54, 1.807) is 11.9 Å². The third kappa shape index (κ3) is 3.72. The van der Waals surface area contributed by atoms with Gasteiger partial charge in [-0.25, -0.2) is 0 Å². The van der Waals surface area contributed by atoms with Gasteiger partial charge in [-0.15, -0.1) is 0 Å². The molecule has 1 saturated heterocycles. The molecule has 0 spiro atoms. The number of carbonyl (C=O) groups is 2. The number of carbonyl (C=O) groups excluding carboxylic acids is 1. The molecule has 2 unspecified atom stereocenters. The van der Waals surface area contributed by atoms with Crippen LogP contribution in [-0.2, 0) is 14.3 Å². The predicted molar refractivity (Wildman–Crippen MR) is 74.3 cm³/mol. The van der Waals surface area contributed by atoms with Crippen molar-refractivity contribution in [3.63, 3.8) is 0 Å². The van der Waals surface area contributed by atoms with E-state index in [4.69, 9.17) is 9.84 Å². The minimum Gasteiger partial charge on any atom is -0.481 e. The number of hydrogen-bond donors (Lipinski definition) is 1. The van der Waals surface area contributed by atoms with Crippen molar-refractivity contribution < 1.29 is 19.4 Å². The molecule has 0 bridgehead atoms. The molecule has 0 aromatic rings. The number of likely N-dealkylation sites (N-methyl/N-ethyl adjacent to an activating group) is 1. The van der Waals surface area contributed by atoms with Crippen molar-refractivity contribution in [1.29, 1.82) is 0 Å². The van der Waals surface area contributed by atoms with E-state index in [1.807, 2.05) is 0 Å². The quantitative estimate of drug-likeness (QED) is 0.800. The summed E-state index contributed by atoms with van der Waals surface area (Å²) in [5.74, 6) is -0.920. The van der Waals surface area contributed by atoms with E-state index in [2.05, 4.69) is 0 Å². The molecule has 1 heterocycles. The lowest BCUT2D eigenvalue weighted by atomic mass is 9.95. The van der Waals surface area contributed by atoms with Gasteiger partial charge in [0.05, 0.1) is 19.3 Å². The predicted octanol–water partition coefficient (Wildman–Crippen LogP) is 1.90. The van der Waals surface area contributed by atoms with Gasteiger partial charge >= 0.3 is 5.97 Å². The normalized spacial score (nSPS) is 28.1. The Labute approximate surface area is 120 Å². The van der Waals surface area contributed by atoms with Gasteiger partial charge < -0.3 is 14.7 Å². The molecule has 1 saturated carbocycles. The van der Waals surface area contributed by atoms with E-state index in [0.29, 0.717) is 18.9 Å². The Bertz CT molecular complexity index is 350. The summed E-state index contributed by atoms with van der Waals surface area (Å²) in [7, 11) is 1.72. The minimum atomic E-state index is -0.874. The molecule has 2 aliphatic rings. The zero-order valence-electron chi connectivity index (χ0n) is 12.2. The highest BCUT2D eigenvalue weighted by Gasteiger charge is 2.38. The van der Waals surface area contributed by atoms with Gasteiger partial charge in [0.1, 0.15) is 5.92 Å². The molecular formula is C15H25NO4. The number of amides is 1. The SMILES string of the molecule is CN(C(=O)CC1CCCCCC1)C1COCC1C(=O)O. The highest BCUT2D eigenvalue weighted by molar-refractivity contribution is 5.78. The van der Waals surface area contributed by atoms with Crippen LogP contribution in [0.15, 0.2) is 0 Å². The Kier molecular flexibility index (Phi) is 5.40. The number of carboxylic acid groups (broad SMARTS) is 1. The van der Waals surface area contributed by atoms with E-state index in [0.717, 1.165) is 12.8 Å². The Morgan fingerprint density at radius 1 is 1.15 bits per heavy atom. The fraction of sp³-hybridized carbons (Fsp3) is 0.867. The van der Waals surface area contributed by atoms with Crippen LogP contribution in [0.2, 0.25) is 0 Å². The lowest BCUT2D eigenvalue weighted by Gasteiger charge is -2.28. The molecule has 114 valence electrons. The summed E-state index contributed by atoms with van der Waals surface area (Å²) in [5, 5.41) is 9.15. The summed E-state index contributed by atoms with van der Waals surface area (Å²) in [4.78, 5) is 25.1. The van der Waals surface area contributed by atoms with Crippen LogP contribution < -0.4 is 0 Å². The highest BCUT2D eigenvalue weighted by atomic mass is 16.5. The second kappa shape index (κ2) is 7.07. The lowest BCUT2D eigenvalue weighted by Crippen LogP contribution is -2.44. The Morgan fingerprint density at radius 3 is 2.40 bits per heavy atom. The third-order valence-electron chi connectivity index (χ3n) is 4.70. The zero-order chi connectivity index (χ0) is 14.5. The standard InChI is InChI=1S/C15H25NO4/c1-16(13-10-20-9-12(13)15(18)19)14(17)8-11-6-4-2-3-5-7-11/h11-13H,2-10H2,1H3,(H,18,19). The summed E-state index contributed by atoms with van der Waals surface area (Å²) in [5.41, 5.74) is 0. The largest absolute Gasteiger partial charge is 0.481 e. The molecule has 1 amide bonds. The maximum Gasteiger partial charge on any atom is 0.311 e. The zero-order valence-corrected chi connectivity index (χ0v) is 12.2. The Hall–Kier alpha value is -1.10. The number of aliphatic carboxylic acids is 1. The van der Waals surface area contributed by atoms with Gasteiger partial charge in [0.25, 0.3) is 0 Å². The number of ether oxygens (including phenoxy) is 1. The van der Waals surface area contributed by atoms with Crippen molar-refractivity contribution in [1.82, 2.24) is 4.90 Å². The lowest BCUT2D eigenvalue weighted by molar-refractivity contribution is -0.144. The van der Waals surface area contributed by atoms with Gasteiger partial charge in [-0.2, -0.15) is 0 Å². The molecule has 2 fully saturated rings. The van der Waals surface area contributed by atoms with Crippen molar-refractivity contribution in [2.24, 2.45) is 11.8 Å². The molecule has 5 nitrogen and oxygen atoms in total. The van der Waals surface area contributed by atoms with Gasteiger partial charge in [-0.1, -0.05) is 25.7 Å². The molecular weight excluding hydrogens is 258 g/mol. The number of carboxylic acids is 1. The first-order valence-electron chi connectivity index (χ1n) is 7.66. The fourth-order valence-corrected chi connectivity index (χ4v) is 3.30. The first kappa shape index (κ1) is 15.3. The smallest absolute Gasteiger partial charge is 0.311 e. The molecule has 1 aliphatic carbocycles. The van der Waals surface area contributed by atoms with Gasteiger partial charge in [0.2, 0.25) is 5.91 Å². The van der Waals surface area contributed by atoms with Crippen LogP contribution in [-0.4, -0.2) is 48.2 Å². The molecule has 2 rings (SSSR count). The van der Waals surface area contributed by atoms with Gasteiger partial charge in [0.15, 0.2) is 0 Å². The monoisotopic (exact) mass is 283 g/mol. The molecule has 1 N–H and O–H groups in total. The summed E-state index contributed by atoms with van der Waals surface area (Å²) >= 11 is 0. The van der Waals surface area contributed by atoms with Gasteiger partial charge in [-0.3, -0.25) is 9.59 Å². The average Bonchev–Trinajstić information content (AvgIpc) is 2.77. The summed E-state index contributed by atoms with van der Waals surface area (Å²) in [6.45, 7) is 0.547. The minimum absolute atomic E-state index is 0.0682. The molecule has 0 aromatic heterocycles. The van der Waals surface area contributed by atoms with Crippen LogP contribution in [0.4, 0.5) is 0 Å². The number of hydrogen-bond acceptors (Lipinski definition) is 3. The second-order valence-electron chi connectivity index (χ2n) is 6.12. The fourth-order valence-electron chi connectivity index (χ4n) is 3.30. The molecule has 5 heteroatoms. The van der Waals surface area contributed by atoms with Crippen molar-refractivity contribution in [3.8, 4) is 0 Å². The molecule has 0 aromatic carbocycles. The second-order valence-corrected chi connectivity index (χ2v) is 6.12. The third-order valence-corrected chi connectivity index (χ3v) is 4.70. The van der Waals surface area contributed by atoms with Crippen molar-refractivity contribution >= 4 is 11.9 Å². The van der Waals surface area contributed by atoms with E-state index in [-0.39, 0.29) is 18.6 Å². The molecule has 2 atom stereocenters. The highest BCUT2D eigenvalue weighted by Crippen LogP contribution is 2.27. The first-order chi connectivity index (χ1) is 9.59. The molecule has 20 heavy (non-hydrogen) atoms. The van der Waals surface area contributed by atoms with Crippen molar-refractivity contribution in [2.45, 2.75) is 51.0 Å². The summed E-state index contributed by atoms with van der Waals surface area (Å²) in [6.07, 6.45) is 7.79. The topological polar surface area (TPSA) is 66.8 Å². The van der Waals surface area contributed by atoms with Crippen LogP contribution >= 0.6 is 0 Å². The maximum absolute atomic E-state index is 12.4. The number of nitrogens with zero attached hydrogens (tertiary/aromatic N) is 1. The van der Waals surface area contributed by atoms with E-state index in [1.165, 1.54) is 25.7 Å². The first-order valence-corrected chi connectivity index (χ1v) is 7.66. The van der Waals surface area contributed by atoms with E-state index in [9.17, 15) is 9.59 Å². The molecule has 0 radical (unpaired) electrons.